The molecule has 1 N–H and O–H groups in total. The lowest BCUT2D eigenvalue weighted by Crippen LogP contribution is -2.30. The number of hydrogen-bond donors (Lipinski definition) is 1. The van der Waals surface area contributed by atoms with Gasteiger partial charge >= 0.3 is 0 Å². The Morgan fingerprint density at radius 1 is 0.968 bits per heavy atom. The van der Waals surface area contributed by atoms with E-state index in [1.165, 1.54) is 0 Å². The molecule has 0 spiro atoms. The van der Waals surface area contributed by atoms with Crippen molar-refractivity contribution in [3.63, 3.8) is 0 Å². The Kier molecular flexibility index (Phi) is 5.58. The molecule has 0 saturated carbocycles. The van der Waals surface area contributed by atoms with Crippen molar-refractivity contribution in [3.8, 4) is 16.9 Å². The van der Waals surface area contributed by atoms with Gasteiger partial charge in [0.1, 0.15) is 17.1 Å². The van der Waals surface area contributed by atoms with Crippen molar-refractivity contribution in [2.24, 2.45) is 0 Å². The van der Waals surface area contributed by atoms with Crippen LogP contribution in [0.15, 0.2) is 82.0 Å². The second-order valence-electron chi connectivity index (χ2n) is 7.51. The van der Waals surface area contributed by atoms with Gasteiger partial charge in [0.25, 0.3) is 5.91 Å². The summed E-state index contributed by atoms with van der Waals surface area (Å²) in [6.07, 6.45) is -0.727. The van der Waals surface area contributed by atoms with E-state index in [1.807, 2.05) is 61.5 Å². The second kappa shape index (κ2) is 8.48. The Bertz CT molecular complexity index is 1310. The van der Waals surface area contributed by atoms with Crippen LogP contribution < -0.4 is 15.5 Å². The van der Waals surface area contributed by atoms with Crippen LogP contribution in [-0.4, -0.2) is 12.0 Å². The van der Waals surface area contributed by atoms with Gasteiger partial charge in [-0.2, -0.15) is 0 Å². The van der Waals surface area contributed by atoms with Crippen LogP contribution in [0.3, 0.4) is 0 Å². The minimum atomic E-state index is -0.727. The van der Waals surface area contributed by atoms with Crippen LogP contribution in [0, 0.1) is 13.8 Å². The number of rotatable bonds is 5. The normalized spacial score (nSPS) is 11.8. The topological polar surface area (TPSA) is 68.5 Å². The van der Waals surface area contributed by atoms with Crippen molar-refractivity contribution in [1.82, 2.24) is 0 Å². The summed E-state index contributed by atoms with van der Waals surface area (Å²) in [5, 5.41) is 3.31. The Labute approximate surface area is 180 Å². The molecule has 0 unspecified atom stereocenters. The van der Waals surface area contributed by atoms with E-state index in [0.29, 0.717) is 33.7 Å². The summed E-state index contributed by atoms with van der Waals surface area (Å²) in [6, 6.07) is 22.0. The molecule has 0 aliphatic carbocycles. The summed E-state index contributed by atoms with van der Waals surface area (Å²) in [4.78, 5) is 25.5. The third-order valence-corrected chi connectivity index (χ3v) is 5.07. The number of fused-ring (bicyclic) bond motifs is 1. The summed E-state index contributed by atoms with van der Waals surface area (Å²) in [5.41, 5.74) is 3.47. The van der Waals surface area contributed by atoms with E-state index in [2.05, 4.69) is 5.32 Å². The van der Waals surface area contributed by atoms with Gasteiger partial charge in [0.15, 0.2) is 6.10 Å². The predicted molar refractivity (Wildman–Crippen MR) is 123 cm³/mol. The number of amides is 1. The van der Waals surface area contributed by atoms with Crippen molar-refractivity contribution >= 4 is 22.6 Å². The molecule has 31 heavy (non-hydrogen) atoms. The number of nitrogens with one attached hydrogen (secondary N) is 1. The van der Waals surface area contributed by atoms with Gasteiger partial charge < -0.3 is 14.5 Å². The Morgan fingerprint density at radius 2 is 1.74 bits per heavy atom. The average molecular weight is 413 g/mol. The highest BCUT2D eigenvalue weighted by atomic mass is 16.5. The van der Waals surface area contributed by atoms with E-state index in [1.54, 1.807) is 32.0 Å². The van der Waals surface area contributed by atoms with Crippen LogP contribution in [0.2, 0.25) is 0 Å². The third-order valence-electron chi connectivity index (χ3n) is 5.07. The fraction of sp³-hybridized carbons (Fsp3) is 0.154. The van der Waals surface area contributed by atoms with Crippen molar-refractivity contribution in [2.75, 3.05) is 5.32 Å². The molecule has 0 fully saturated rings. The highest BCUT2D eigenvalue weighted by molar-refractivity contribution is 5.94. The van der Waals surface area contributed by atoms with Crippen molar-refractivity contribution in [1.29, 1.82) is 0 Å². The van der Waals surface area contributed by atoms with Gasteiger partial charge in [0.2, 0.25) is 5.43 Å². The summed E-state index contributed by atoms with van der Waals surface area (Å²) in [5.74, 6) is 0.725. The Morgan fingerprint density at radius 3 is 2.48 bits per heavy atom. The molecule has 0 aliphatic rings. The monoisotopic (exact) mass is 413 g/mol. The maximum Gasteiger partial charge on any atom is 0.265 e. The first-order chi connectivity index (χ1) is 14.9. The zero-order chi connectivity index (χ0) is 22.0. The molecule has 5 nitrogen and oxygen atoms in total. The predicted octanol–water partition coefficient (Wildman–Crippen LogP) is 5.48. The number of benzene rings is 3. The SMILES string of the molecule is Cc1cccc(NC(=O)[C@H](C)Oc2ccc3c(=O)c(-c4ccccc4)c(C)oc3c2)c1. The van der Waals surface area contributed by atoms with E-state index in [9.17, 15) is 9.59 Å². The fourth-order valence-corrected chi connectivity index (χ4v) is 3.52. The van der Waals surface area contributed by atoms with Gasteiger partial charge in [-0.15, -0.1) is 0 Å². The minimum Gasteiger partial charge on any atom is -0.481 e. The third kappa shape index (κ3) is 4.36. The molecule has 5 heteroatoms. The number of ether oxygens (including phenoxy) is 1. The molecular weight excluding hydrogens is 390 g/mol. The maximum atomic E-state index is 13.1. The number of carbonyl (C=O) groups excluding carboxylic acids is 1. The fourth-order valence-electron chi connectivity index (χ4n) is 3.52. The molecule has 0 radical (unpaired) electrons. The molecule has 4 rings (SSSR count). The molecule has 0 saturated heterocycles. The second-order valence-corrected chi connectivity index (χ2v) is 7.51. The summed E-state index contributed by atoms with van der Waals surface area (Å²) >= 11 is 0. The van der Waals surface area contributed by atoms with E-state index < -0.39 is 6.10 Å². The molecule has 1 atom stereocenters. The first-order valence-corrected chi connectivity index (χ1v) is 10.1. The van der Waals surface area contributed by atoms with Crippen LogP contribution in [0.5, 0.6) is 5.75 Å². The van der Waals surface area contributed by atoms with Crippen molar-refractivity contribution in [3.05, 3.63) is 94.3 Å². The highest BCUT2D eigenvalue weighted by Gasteiger charge is 2.17. The Hall–Kier alpha value is -3.86. The van der Waals surface area contributed by atoms with Gasteiger partial charge in [-0.1, -0.05) is 42.5 Å². The quantitative estimate of drug-likeness (QED) is 0.470. The number of anilines is 1. The maximum absolute atomic E-state index is 13.1. The molecule has 1 aromatic heterocycles. The van der Waals surface area contributed by atoms with E-state index in [0.717, 1.165) is 11.1 Å². The van der Waals surface area contributed by atoms with Crippen LogP contribution in [0.1, 0.15) is 18.2 Å². The molecule has 3 aromatic carbocycles. The average Bonchev–Trinajstić information content (AvgIpc) is 2.74. The molecule has 0 aliphatic heterocycles. The summed E-state index contributed by atoms with van der Waals surface area (Å²) in [6.45, 7) is 5.41. The van der Waals surface area contributed by atoms with Gasteiger partial charge in [-0.25, -0.2) is 0 Å². The molecule has 1 amide bonds. The molecule has 4 aromatic rings. The number of hydrogen-bond acceptors (Lipinski definition) is 4. The Balaban J connectivity index is 1.58. The van der Waals surface area contributed by atoms with Crippen LogP contribution in [0.4, 0.5) is 5.69 Å². The minimum absolute atomic E-state index is 0.0956. The largest absolute Gasteiger partial charge is 0.481 e. The molecule has 1 heterocycles. The lowest BCUT2D eigenvalue weighted by Gasteiger charge is -2.15. The lowest BCUT2D eigenvalue weighted by atomic mass is 10.0. The van der Waals surface area contributed by atoms with E-state index in [-0.39, 0.29) is 11.3 Å². The first kappa shape index (κ1) is 20.4. The highest BCUT2D eigenvalue weighted by Crippen LogP contribution is 2.26. The zero-order valence-corrected chi connectivity index (χ0v) is 17.6. The van der Waals surface area contributed by atoms with Gasteiger partial charge in [0, 0.05) is 11.8 Å². The number of aryl methyl sites for hydroxylation is 2. The van der Waals surface area contributed by atoms with Crippen LogP contribution in [-0.2, 0) is 4.79 Å². The van der Waals surface area contributed by atoms with Crippen LogP contribution >= 0.6 is 0 Å². The molecule has 156 valence electrons. The van der Waals surface area contributed by atoms with E-state index >= 15 is 0 Å². The van der Waals surface area contributed by atoms with Crippen molar-refractivity contribution < 1.29 is 13.9 Å². The number of carbonyl (C=O) groups is 1. The summed E-state index contributed by atoms with van der Waals surface area (Å²) in [7, 11) is 0. The van der Waals surface area contributed by atoms with Gasteiger partial charge in [-0.3, -0.25) is 9.59 Å². The molecule has 0 bridgehead atoms. The standard InChI is InChI=1S/C26H23NO4/c1-16-8-7-11-20(14-16)27-26(29)18(3)30-21-12-13-22-23(15-21)31-17(2)24(25(22)28)19-9-5-4-6-10-19/h4-15,18H,1-3H3,(H,27,29)/t18-/m0/s1. The van der Waals surface area contributed by atoms with Crippen molar-refractivity contribution in [2.45, 2.75) is 26.9 Å². The van der Waals surface area contributed by atoms with Gasteiger partial charge in [0.05, 0.1) is 10.9 Å². The summed E-state index contributed by atoms with van der Waals surface area (Å²) < 4.78 is 11.7. The van der Waals surface area contributed by atoms with Gasteiger partial charge in [-0.05, 0) is 56.2 Å². The van der Waals surface area contributed by atoms with E-state index in [4.69, 9.17) is 9.15 Å². The lowest BCUT2D eigenvalue weighted by molar-refractivity contribution is -0.122. The zero-order valence-electron chi connectivity index (χ0n) is 17.6. The smallest absolute Gasteiger partial charge is 0.265 e. The van der Waals surface area contributed by atoms with Crippen LogP contribution in [0.25, 0.3) is 22.1 Å². The molecular formula is C26H23NO4. The first-order valence-electron chi connectivity index (χ1n) is 10.1.